The molecule has 0 heterocycles. The summed E-state index contributed by atoms with van der Waals surface area (Å²) in [4.78, 5) is 75.7. The molecule has 0 amide bonds. The predicted octanol–water partition coefficient (Wildman–Crippen LogP) is -2.33. The van der Waals surface area contributed by atoms with Gasteiger partial charge in [-0.1, -0.05) is 7.60 Å². The first kappa shape index (κ1) is 48.3. The van der Waals surface area contributed by atoms with Crippen molar-refractivity contribution in [2.75, 3.05) is 38.2 Å². The van der Waals surface area contributed by atoms with Gasteiger partial charge in [0.15, 0.2) is 0 Å². The molecule has 0 aromatic carbocycles. The molecule has 0 aliphatic rings. The first-order valence-corrected chi connectivity index (χ1v) is 13.1. The van der Waals surface area contributed by atoms with Crippen LogP contribution in [0.1, 0.15) is 0 Å². The van der Waals surface area contributed by atoms with Crippen LogP contribution in [0, 0.1) is 0 Å². The molecular formula is C6H33N7NiO12P4. The van der Waals surface area contributed by atoms with Gasteiger partial charge in [0.1, 0.15) is 18.9 Å². The normalized spacial score (nSPS) is 11.7. The molecule has 21 N–H and O–H groups in total. The Morgan fingerprint density at radius 3 is 0.900 bits per heavy atom. The molecule has 19 nitrogen and oxygen atoms in total. The molecule has 0 saturated heterocycles. The summed E-state index contributed by atoms with van der Waals surface area (Å²) in [5.41, 5.74) is 0. The van der Waals surface area contributed by atoms with E-state index in [4.69, 9.17) is 29.4 Å². The SMILES string of the molecule is N.N.N.N.N.O=P([O-])([O-])CN(CCN(CP(=O)(O)O)CP(=O)(O)O)CP(=O)(O)O.[Ni+2]. The minimum absolute atomic E-state index is 0. The average Bonchev–Trinajstić information content (AvgIpc) is 2.16. The van der Waals surface area contributed by atoms with Crippen LogP contribution in [0.2, 0.25) is 0 Å². The number of rotatable bonds is 11. The van der Waals surface area contributed by atoms with E-state index < -0.39 is 68.6 Å². The molecule has 0 radical (unpaired) electrons. The topological polar surface area (TPSA) is 417 Å². The fraction of sp³-hybridized carbons (Fsp3) is 1.00. The summed E-state index contributed by atoms with van der Waals surface area (Å²) in [5.74, 6) is 0. The average molecular weight is 578 g/mol. The van der Waals surface area contributed by atoms with Crippen LogP contribution in [0.4, 0.5) is 0 Å². The second-order valence-corrected chi connectivity index (χ2v) is 11.3. The summed E-state index contributed by atoms with van der Waals surface area (Å²) in [5, 5.41) is 0. The molecule has 0 saturated carbocycles. The Morgan fingerprint density at radius 2 is 0.733 bits per heavy atom. The van der Waals surface area contributed by atoms with Crippen molar-refractivity contribution in [3.8, 4) is 0 Å². The number of nitrogens with zero attached hydrogens (tertiary/aromatic N) is 2. The second kappa shape index (κ2) is 18.3. The van der Waals surface area contributed by atoms with Gasteiger partial charge in [-0.05, 0) is 0 Å². The molecular weight excluding hydrogens is 545 g/mol. The van der Waals surface area contributed by atoms with Crippen molar-refractivity contribution in [1.29, 1.82) is 0 Å². The van der Waals surface area contributed by atoms with Crippen LogP contribution in [-0.4, -0.2) is 77.4 Å². The van der Waals surface area contributed by atoms with Crippen LogP contribution in [0.3, 0.4) is 0 Å². The minimum Gasteiger partial charge on any atom is -0.810 e. The van der Waals surface area contributed by atoms with Crippen LogP contribution < -0.4 is 40.5 Å². The first-order valence-electron chi connectivity index (χ1n) is 5.96. The van der Waals surface area contributed by atoms with Gasteiger partial charge >= 0.3 is 39.3 Å². The monoisotopic (exact) mass is 577 g/mol. The van der Waals surface area contributed by atoms with Gasteiger partial charge in [0.05, 0.1) is 0 Å². The summed E-state index contributed by atoms with van der Waals surface area (Å²) in [6, 6.07) is 0. The van der Waals surface area contributed by atoms with Gasteiger partial charge in [0.25, 0.3) is 0 Å². The molecule has 30 heavy (non-hydrogen) atoms. The van der Waals surface area contributed by atoms with Crippen LogP contribution in [0.15, 0.2) is 0 Å². The minimum atomic E-state index is -5.19. The third-order valence-corrected chi connectivity index (χ3v) is 5.31. The van der Waals surface area contributed by atoms with Crippen molar-refractivity contribution in [3.63, 3.8) is 0 Å². The molecule has 0 atom stereocenters. The molecule has 0 aliphatic heterocycles. The molecule has 0 spiro atoms. The summed E-state index contributed by atoms with van der Waals surface area (Å²) in [6.45, 7) is -1.14. The standard InChI is InChI=1S/C6H20N2O12P4.5H3N.Ni/c9-21(10,11)3-7(4-22(12,13)14)1-2-8(5-23(15,16)17)6-24(18,19)20;;;;;;/h1-6H2,(H2,9,10,11)(H2,12,13,14)(H2,15,16,17)(H2,18,19,20);5*1H3;/q;;;;;;+2/p-2. The maximum absolute atomic E-state index is 10.9. The summed E-state index contributed by atoms with van der Waals surface area (Å²) >= 11 is 0. The maximum Gasteiger partial charge on any atom is 2.00 e. The molecule has 0 rings (SSSR count). The van der Waals surface area contributed by atoms with Gasteiger partial charge in [-0.2, -0.15) is 0 Å². The van der Waals surface area contributed by atoms with Crippen LogP contribution in [0.25, 0.3) is 0 Å². The molecule has 0 aromatic rings. The smallest absolute Gasteiger partial charge is 0.810 e. The van der Waals surface area contributed by atoms with Gasteiger partial charge in [0, 0.05) is 19.4 Å². The molecule has 0 unspecified atom stereocenters. The van der Waals surface area contributed by atoms with Crippen LogP contribution >= 0.6 is 30.4 Å². The fourth-order valence-electron chi connectivity index (χ4n) is 1.68. The summed E-state index contributed by atoms with van der Waals surface area (Å²) < 4.78 is 43.6. The fourth-order valence-corrected chi connectivity index (χ4v) is 5.02. The number of hydrogen-bond donors (Lipinski definition) is 11. The van der Waals surface area contributed by atoms with E-state index >= 15 is 0 Å². The Bertz CT molecular complexity index is 506. The van der Waals surface area contributed by atoms with Gasteiger partial charge in [-0.15, -0.1) is 0 Å². The third-order valence-electron chi connectivity index (χ3n) is 2.26. The zero-order valence-electron chi connectivity index (χ0n) is 15.9. The van der Waals surface area contributed by atoms with E-state index in [0.29, 0.717) is 9.80 Å². The van der Waals surface area contributed by atoms with E-state index in [9.17, 15) is 28.0 Å². The molecule has 0 aliphatic carbocycles. The van der Waals surface area contributed by atoms with Crippen molar-refractivity contribution < 1.29 is 73.9 Å². The van der Waals surface area contributed by atoms with Crippen molar-refractivity contribution in [2.24, 2.45) is 0 Å². The molecule has 24 heteroatoms. The first-order chi connectivity index (χ1) is 10.4. The Morgan fingerprint density at radius 1 is 0.533 bits per heavy atom. The van der Waals surface area contributed by atoms with E-state index in [2.05, 4.69) is 0 Å². The zero-order valence-corrected chi connectivity index (χ0v) is 20.5. The summed E-state index contributed by atoms with van der Waals surface area (Å²) in [6.07, 6.45) is -4.54. The van der Waals surface area contributed by atoms with E-state index in [1.807, 2.05) is 0 Å². The summed E-state index contributed by atoms with van der Waals surface area (Å²) in [7, 11) is -19.4. The predicted molar refractivity (Wildman–Crippen MR) is 102 cm³/mol. The molecule has 0 aromatic heterocycles. The van der Waals surface area contributed by atoms with E-state index in [1.54, 1.807) is 0 Å². The van der Waals surface area contributed by atoms with Gasteiger partial charge in [-0.25, -0.2) is 0 Å². The van der Waals surface area contributed by atoms with Crippen molar-refractivity contribution in [2.45, 2.75) is 0 Å². The van der Waals surface area contributed by atoms with Crippen molar-refractivity contribution in [1.82, 2.24) is 40.6 Å². The van der Waals surface area contributed by atoms with Gasteiger partial charge in [0.2, 0.25) is 0 Å². The molecule has 194 valence electrons. The Balaban J connectivity index is -0.000000176. The van der Waals surface area contributed by atoms with Crippen molar-refractivity contribution in [3.05, 3.63) is 0 Å². The third kappa shape index (κ3) is 33.5. The Kier molecular flexibility index (Phi) is 29.4. The van der Waals surface area contributed by atoms with Gasteiger partial charge < -0.3 is 74.5 Å². The molecule has 0 fully saturated rings. The van der Waals surface area contributed by atoms with Crippen LogP contribution in [0.5, 0.6) is 0 Å². The van der Waals surface area contributed by atoms with Gasteiger partial charge in [-0.3, -0.25) is 23.5 Å². The molecule has 0 bridgehead atoms. The quantitative estimate of drug-likeness (QED) is 0.0904. The van der Waals surface area contributed by atoms with E-state index in [-0.39, 0.29) is 47.2 Å². The Hall–Kier alpha value is 0.814. The van der Waals surface area contributed by atoms with Crippen LogP contribution in [-0.2, 0) is 34.8 Å². The Labute approximate surface area is 183 Å². The zero-order chi connectivity index (χ0) is 19.4. The van der Waals surface area contributed by atoms with E-state index in [1.165, 1.54) is 0 Å². The maximum atomic E-state index is 10.9. The van der Waals surface area contributed by atoms with E-state index in [0.717, 1.165) is 0 Å². The largest absolute Gasteiger partial charge is 2.00 e. The number of hydrogen-bond acceptors (Lipinski definition) is 13. The van der Waals surface area contributed by atoms with Crippen molar-refractivity contribution >= 4 is 30.4 Å². The second-order valence-electron chi connectivity index (χ2n) is 4.96.